The van der Waals surface area contributed by atoms with Crippen LogP contribution in [0.1, 0.15) is 15.9 Å². The quantitative estimate of drug-likeness (QED) is 0.796. The number of pyridine rings is 1. The van der Waals surface area contributed by atoms with Crippen LogP contribution in [0.2, 0.25) is 0 Å². The van der Waals surface area contributed by atoms with Gasteiger partial charge in [0.05, 0.1) is 23.1 Å². The van der Waals surface area contributed by atoms with E-state index in [1.165, 1.54) is 18.3 Å². The Hall–Kier alpha value is -3.02. The maximum atomic E-state index is 11.0. The minimum Gasteiger partial charge on any atom is -0.478 e. The fourth-order valence-corrected chi connectivity index (χ4v) is 1.98. The van der Waals surface area contributed by atoms with E-state index >= 15 is 0 Å². The predicted molar refractivity (Wildman–Crippen MR) is 76.3 cm³/mol. The van der Waals surface area contributed by atoms with Crippen LogP contribution in [0.5, 0.6) is 0 Å². The van der Waals surface area contributed by atoms with Gasteiger partial charge in [-0.2, -0.15) is 0 Å². The number of hydrogen-bond donors (Lipinski definition) is 1. The summed E-state index contributed by atoms with van der Waals surface area (Å²) in [6.07, 6.45) is 3.17. The number of benzene rings is 1. The number of hydrogen-bond acceptors (Lipinski definition) is 4. The molecular formula is C15H12N4O2. The van der Waals surface area contributed by atoms with Gasteiger partial charge in [-0.15, -0.1) is 5.10 Å². The molecule has 0 saturated heterocycles. The van der Waals surface area contributed by atoms with Gasteiger partial charge < -0.3 is 5.11 Å². The van der Waals surface area contributed by atoms with Gasteiger partial charge in [-0.3, -0.25) is 4.98 Å². The summed E-state index contributed by atoms with van der Waals surface area (Å²) in [4.78, 5) is 15.1. The second-order valence-corrected chi connectivity index (χ2v) is 4.62. The molecule has 0 aliphatic rings. The van der Waals surface area contributed by atoms with Crippen LogP contribution in [0.15, 0.2) is 48.8 Å². The average molecular weight is 280 g/mol. The summed E-state index contributed by atoms with van der Waals surface area (Å²) >= 11 is 0. The normalized spacial score (nSPS) is 10.5. The van der Waals surface area contributed by atoms with Crippen molar-refractivity contribution in [1.82, 2.24) is 20.0 Å². The number of aryl methyl sites for hydroxylation is 1. The first-order valence-corrected chi connectivity index (χ1v) is 6.32. The van der Waals surface area contributed by atoms with Crippen molar-refractivity contribution >= 4 is 5.97 Å². The second-order valence-electron chi connectivity index (χ2n) is 4.62. The van der Waals surface area contributed by atoms with Crippen molar-refractivity contribution in [3.05, 3.63) is 59.9 Å². The fourth-order valence-electron chi connectivity index (χ4n) is 1.98. The van der Waals surface area contributed by atoms with Crippen LogP contribution in [0.25, 0.3) is 17.1 Å². The van der Waals surface area contributed by atoms with Gasteiger partial charge in [0, 0.05) is 6.20 Å². The summed E-state index contributed by atoms with van der Waals surface area (Å²) in [5.41, 5.74) is 3.19. The van der Waals surface area contributed by atoms with Gasteiger partial charge in [0.25, 0.3) is 0 Å². The van der Waals surface area contributed by atoms with E-state index in [1.54, 1.807) is 10.9 Å². The first-order chi connectivity index (χ1) is 10.1. The number of carboxylic acids is 1. The fraction of sp³-hybridized carbons (Fsp3) is 0.0667. The highest BCUT2D eigenvalue weighted by molar-refractivity contribution is 5.88. The molecule has 0 atom stereocenters. The maximum absolute atomic E-state index is 11.0. The molecule has 6 nitrogen and oxygen atoms in total. The third-order valence-corrected chi connectivity index (χ3v) is 3.03. The number of aromatic nitrogens is 4. The summed E-state index contributed by atoms with van der Waals surface area (Å²) in [6.45, 7) is 2.00. The third-order valence-electron chi connectivity index (χ3n) is 3.03. The van der Waals surface area contributed by atoms with Gasteiger partial charge in [-0.1, -0.05) is 17.3 Å². The molecule has 2 heterocycles. The van der Waals surface area contributed by atoms with E-state index in [1.807, 2.05) is 31.2 Å². The number of carbonyl (C=O) groups is 1. The molecule has 0 aliphatic carbocycles. The monoisotopic (exact) mass is 280 g/mol. The number of aromatic carboxylic acids is 1. The highest BCUT2D eigenvalue weighted by atomic mass is 16.4. The summed E-state index contributed by atoms with van der Waals surface area (Å²) in [5, 5.41) is 17.1. The molecule has 0 aliphatic heterocycles. The highest BCUT2D eigenvalue weighted by Gasteiger charge is 2.10. The average Bonchev–Trinajstić information content (AvgIpc) is 2.97. The Labute approximate surface area is 120 Å². The summed E-state index contributed by atoms with van der Waals surface area (Å²) < 4.78 is 1.64. The van der Waals surface area contributed by atoms with Crippen molar-refractivity contribution in [2.24, 2.45) is 0 Å². The number of carboxylic acid groups (broad SMARTS) is 1. The molecule has 0 spiro atoms. The zero-order chi connectivity index (χ0) is 14.8. The molecule has 21 heavy (non-hydrogen) atoms. The van der Waals surface area contributed by atoms with Crippen molar-refractivity contribution in [1.29, 1.82) is 0 Å². The van der Waals surface area contributed by atoms with Crippen LogP contribution < -0.4 is 0 Å². The summed E-state index contributed by atoms with van der Waals surface area (Å²) in [5.74, 6) is -0.996. The molecular weight excluding hydrogens is 268 g/mol. The third kappa shape index (κ3) is 2.64. The predicted octanol–water partition coefficient (Wildman–Crippen LogP) is 2.34. The Bertz CT molecular complexity index is 811. The SMILES string of the molecule is Cc1cccc(-n2cc(-c3cc(C(=O)O)ccn3)nn2)c1. The van der Waals surface area contributed by atoms with Crippen LogP contribution in [-0.2, 0) is 0 Å². The van der Waals surface area contributed by atoms with E-state index < -0.39 is 5.97 Å². The zero-order valence-corrected chi connectivity index (χ0v) is 11.3. The second kappa shape index (κ2) is 5.16. The van der Waals surface area contributed by atoms with Gasteiger partial charge >= 0.3 is 5.97 Å². The molecule has 1 N–H and O–H groups in total. The minimum absolute atomic E-state index is 0.171. The van der Waals surface area contributed by atoms with E-state index in [0.717, 1.165) is 11.3 Å². The lowest BCUT2D eigenvalue weighted by atomic mass is 10.2. The lowest BCUT2D eigenvalue weighted by molar-refractivity contribution is 0.0697. The molecule has 3 rings (SSSR count). The van der Waals surface area contributed by atoms with Crippen LogP contribution in [0.3, 0.4) is 0 Å². The molecule has 0 unspecified atom stereocenters. The van der Waals surface area contributed by atoms with Crippen LogP contribution in [0.4, 0.5) is 0 Å². The number of nitrogens with zero attached hydrogens (tertiary/aromatic N) is 4. The standard InChI is InChI=1S/C15H12N4O2/c1-10-3-2-4-12(7-10)19-9-14(17-18-19)13-8-11(15(20)21)5-6-16-13/h2-9H,1H3,(H,20,21). The van der Waals surface area contributed by atoms with E-state index in [-0.39, 0.29) is 5.56 Å². The van der Waals surface area contributed by atoms with E-state index in [2.05, 4.69) is 15.3 Å². The molecule has 2 aromatic heterocycles. The van der Waals surface area contributed by atoms with Crippen molar-refractivity contribution in [2.45, 2.75) is 6.92 Å². The maximum Gasteiger partial charge on any atom is 0.335 e. The van der Waals surface area contributed by atoms with Crippen molar-refractivity contribution in [3.63, 3.8) is 0 Å². The molecule has 0 radical (unpaired) electrons. The summed E-state index contributed by atoms with van der Waals surface area (Å²) in [6, 6.07) is 10.8. The minimum atomic E-state index is -0.996. The van der Waals surface area contributed by atoms with Crippen molar-refractivity contribution in [3.8, 4) is 17.1 Å². The van der Waals surface area contributed by atoms with Gasteiger partial charge in [-0.25, -0.2) is 9.48 Å². The Morgan fingerprint density at radius 2 is 2.05 bits per heavy atom. The number of rotatable bonds is 3. The van der Waals surface area contributed by atoms with Crippen molar-refractivity contribution in [2.75, 3.05) is 0 Å². The van der Waals surface area contributed by atoms with Crippen molar-refractivity contribution < 1.29 is 9.90 Å². The Morgan fingerprint density at radius 1 is 1.19 bits per heavy atom. The van der Waals surface area contributed by atoms with Crippen LogP contribution in [-0.4, -0.2) is 31.1 Å². The van der Waals surface area contributed by atoms with Gasteiger partial charge in [0.2, 0.25) is 0 Å². The molecule has 6 heteroatoms. The Morgan fingerprint density at radius 3 is 2.81 bits per heavy atom. The molecule has 1 aromatic carbocycles. The molecule has 0 saturated carbocycles. The molecule has 0 fully saturated rings. The molecule has 104 valence electrons. The Balaban J connectivity index is 1.98. The topological polar surface area (TPSA) is 80.9 Å². The highest BCUT2D eigenvalue weighted by Crippen LogP contribution is 2.17. The molecule has 0 bridgehead atoms. The zero-order valence-electron chi connectivity index (χ0n) is 11.3. The van der Waals surface area contributed by atoms with Gasteiger partial charge in [-0.05, 0) is 36.8 Å². The van der Waals surface area contributed by atoms with Crippen LogP contribution >= 0.6 is 0 Å². The van der Waals surface area contributed by atoms with E-state index in [0.29, 0.717) is 11.4 Å². The van der Waals surface area contributed by atoms with Crippen LogP contribution in [0, 0.1) is 6.92 Å². The van der Waals surface area contributed by atoms with Gasteiger partial charge in [0.1, 0.15) is 5.69 Å². The van der Waals surface area contributed by atoms with Gasteiger partial charge in [0.15, 0.2) is 0 Å². The first-order valence-electron chi connectivity index (χ1n) is 6.32. The van der Waals surface area contributed by atoms with E-state index in [9.17, 15) is 4.79 Å². The molecule has 0 amide bonds. The largest absolute Gasteiger partial charge is 0.478 e. The smallest absolute Gasteiger partial charge is 0.335 e. The molecule has 3 aromatic rings. The lowest BCUT2D eigenvalue weighted by Crippen LogP contribution is -1.97. The first kappa shape index (κ1) is 13.0. The Kier molecular flexibility index (Phi) is 3.19. The van der Waals surface area contributed by atoms with E-state index in [4.69, 9.17) is 5.11 Å². The lowest BCUT2D eigenvalue weighted by Gasteiger charge is -2.00. The summed E-state index contributed by atoms with van der Waals surface area (Å²) in [7, 11) is 0.